The molecule has 0 saturated heterocycles. The molecule has 0 aliphatic heterocycles. The van der Waals surface area contributed by atoms with Gasteiger partial charge in [0, 0.05) is 33.8 Å². The van der Waals surface area contributed by atoms with E-state index in [2.05, 4.69) is 0 Å². The molecule has 2 aromatic rings. The smallest absolute Gasteiger partial charge is 0.349 e. The van der Waals surface area contributed by atoms with Gasteiger partial charge < -0.3 is 23.5 Å². The number of aryl methyl sites for hydroxylation is 1. The Morgan fingerprint density at radius 1 is 1.04 bits per heavy atom. The van der Waals surface area contributed by atoms with Crippen LogP contribution in [-0.4, -0.2) is 39.0 Å². The van der Waals surface area contributed by atoms with E-state index in [1.807, 2.05) is 12.1 Å². The van der Waals surface area contributed by atoms with E-state index in [4.69, 9.17) is 18.9 Å². The molecule has 128 valence electrons. The van der Waals surface area contributed by atoms with Gasteiger partial charge in [0.1, 0.15) is 0 Å². The Kier molecular flexibility index (Phi) is 3.75. The first kappa shape index (κ1) is 16.6. The van der Waals surface area contributed by atoms with E-state index in [9.17, 15) is 9.59 Å². The fourth-order valence-electron chi connectivity index (χ4n) is 3.73. The number of pyridine rings is 1. The topological polar surface area (TPSA) is 76.0 Å². The predicted molar refractivity (Wildman–Crippen MR) is 85.6 cm³/mol. The van der Waals surface area contributed by atoms with Gasteiger partial charge in [-0.3, -0.25) is 4.79 Å². The number of ether oxygens (including phenoxy) is 4. The molecule has 1 heterocycles. The van der Waals surface area contributed by atoms with Gasteiger partial charge in [0.05, 0.1) is 23.9 Å². The van der Waals surface area contributed by atoms with E-state index in [1.54, 1.807) is 23.7 Å². The third-order valence-corrected chi connectivity index (χ3v) is 4.79. The lowest BCUT2D eigenvalue weighted by Gasteiger charge is -2.54. The third-order valence-electron chi connectivity index (χ3n) is 4.79. The number of para-hydroxylation sites is 1. The van der Waals surface area contributed by atoms with Crippen LogP contribution in [0.5, 0.6) is 0 Å². The molecule has 1 atom stereocenters. The van der Waals surface area contributed by atoms with Crippen LogP contribution in [0.3, 0.4) is 0 Å². The molecule has 0 radical (unpaired) electrons. The summed E-state index contributed by atoms with van der Waals surface area (Å²) < 4.78 is 23.3. The minimum atomic E-state index is -1.79. The number of nitrogens with zero attached hydrogens (tertiary/aromatic N) is 1. The number of hydrogen-bond donors (Lipinski definition) is 0. The van der Waals surface area contributed by atoms with E-state index in [1.165, 1.54) is 28.4 Å². The molecule has 7 heteroatoms. The van der Waals surface area contributed by atoms with Gasteiger partial charge in [0.15, 0.2) is 5.43 Å². The standard InChI is InChI=1S/C17H19NO6/c1-18-11-9-7-6-8-10(11)13(19)12-14(18)17(23-4,24-5)16(12,22-3)15(20)21-2/h6-9H,1-5H3/t16-/m1/s1. The van der Waals surface area contributed by atoms with Crippen LogP contribution in [0.15, 0.2) is 29.1 Å². The first-order valence-corrected chi connectivity index (χ1v) is 7.33. The maximum atomic E-state index is 13.1. The molecule has 1 aliphatic carbocycles. The summed E-state index contributed by atoms with van der Waals surface area (Å²) in [5.74, 6) is -2.34. The molecule has 0 bridgehead atoms. The Bertz CT molecular complexity index is 883. The van der Waals surface area contributed by atoms with Crippen molar-refractivity contribution in [3.05, 3.63) is 45.7 Å². The summed E-state index contributed by atoms with van der Waals surface area (Å²) in [4.78, 5) is 25.6. The van der Waals surface area contributed by atoms with Crippen molar-refractivity contribution in [2.24, 2.45) is 7.05 Å². The third kappa shape index (κ3) is 1.56. The largest absolute Gasteiger partial charge is 0.466 e. The summed E-state index contributed by atoms with van der Waals surface area (Å²) in [7, 11) is 7.11. The van der Waals surface area contributed by atoms with E-state index < -0.39 is 17.4 Å². The van der Waals surface area contributed by atoms with Crippen LogP contribution in [0.25, 0.3) is 10.9 Å². The van der Waals surface area contributed by atoms with Crippen LogP contribution >= 0.6 is 0 Å². The van der Waals surface area contributed by atoms with Crippen molar-refractivity contribution in [1.29, 1.82) is 0 Å². The van der Waals surface area contributed by atoms with Crippen LogP contribution in [0.4, 0.5) is 0 Å². The van der Waals surface area contributed by atoms with Crippen molar-refractivity contribution >= 4 is 16.9 Å². The number of methoxy groups -OCH3 is 4. The Hall–Kier alpha value is -2.22. The van der Waals surface area contributed by atoms with E-state index >= 15 is 0 Å². The molecule has 0 fully saturated rings. The zero-order valence-corrected chi connectivity index (χ0v) is 14.2. The van der Waals surface area contributed by atoms with E-state index in [-0.39, 0.29) is 11.0 Å². The lowest BCUT2D eigenvalue weighted by atomic mass is 9.68. The molecule has 0 amide bonds. The van der Waals surface area contributed by atoms with Crippen molar-refractivity contribution in [1.82, 2.24) is 4.57 Å². The average molecular weight is 333 g/mol. The SMILES string of the molecule is COC(=O)[C@]1(OC)c2c(n(C)c3ccccc3c2=O)C1(OC)OC. The molecular formula is C17H19NO6. The summed E-state index contributed by atoms with van der Waals surface area (Å²) in [6, 6.07) is 7.12. The molecule has 0 spiro atoms. The van der Waals surface area contributed by atoms with Crippen LogP contribution in [0.2, 0.25) is 0 Å². The molecule has 3 rings (SSSR count). The van der Waals surface area contributed by atoms with Gasteiger partial charge in [0.2, 0.25) is 0 Å². The summed E-state index contributed by atoms with van der Waals surface area (Å²) in [5, 5.41) is 0.477. The predicted octanol–water partition coefficient (Wildman–Crippen LogP) is 1.01. The Labute approximate surface area is 138 Å². The first-order valence-electron chi connectivity index (χ1n) is 7.33. The number of esters is 1. The summed E-state index contributed by atoms with van der Waals surface area (Å²) in [5.41, 5.74) is -0.797. The highest BCUT2D eigenvalue weighted by Crippen LogP contribution is 2.57. The molecular weight excluding hydrogens is 314 g/mol. The van der Waals surface area contributed by atoms with Crippen molar-refractivity contribution in [2.75, 3.05) is 28.4 Å². The molecule has 1 aliphatic rings. The zero-order chi connectivity index (χ0) is 17.7. The Morgan fingerprint density at radius 2 is 1.67 bits per heavy atom. The number of fused-ring (bicyclic) bond motifs is 2. The number of carbonyl (C=O) groups is 1. The highest BCUT2D eigenvalue weighted by molar-refractivity contribution is 5.91. The maximum absolute atomic E-state index is 13.1. The molecule has 0 N–H and O–H groups in total. The molecule has 0 saturated carbocycles. The van der Waals surface area contributed by atoms with Crippen molar-refractivity contribution < 1.29 is 23.7 Å². The summed E-state index contributed by atoms with van der Waals surface area (Å²) in [6.45, 7) is 0. The van der Waals surface area contributed by atoms with Gasteiger partial charge in [-0.25, -0.2) is 4.79 Å². The quantitative estimate of drug-likeness (QED) is 0.614. The van der Waals surface area contributed by atoms with Gasteiger partial charge in [-0.15, -0.1) is 0 Å². The van der Waals surface area contributed by atoms with E-state index in [0.717, 1.165) is 0 Å². The summed E-state index contributed by atoms with van der Waals surface area (Å²) >= 11 is 0. The molecule has 24 heavy (non-hydrogen) atoms. The van der Waals surface area contributed by atoms with Crippen molar-refractivity contribution in [2.45, 2.75) is 11.4 Å². The average Bonchev–Trinajstić information content (AvgIpc) is 2.61. The normalized spacial score (nSPS) is 21.2. The van der Waals surface area contributed by atoms with Crippen LogP contribution in [0.1, 0.15) is 11.3 Å². The van der Waals surface area contributed by atoms with Gasteiger partial charge in [-0.2, -0.15) is 0 Å². The lowest BCUT2D eigenvalue weighted by Crippen LogP contribution is -2.69. The van der Waals surface area contributed by atoms with Gasteiger partial charge in [-0.1, -0.05) is 12.1 Å². The van der Waals surface area contributed by atoms with Crippen molar-refractivity contribution in [3.63, 3.8) is 0 Å². The Morgan fingerprint density at radius 3 is 2.21 bits per heavy atom. The number of hydrogen-bond acceptors (Lipinski definition) is 6. The number of benzene rings is 1. The van der Waals surface area contributed by atoms with Crippen LogP contribution < -0.4 is 5.43 Å². The first-order chi connectivity index (χ1) is 11.5. The minimum Gasteiger partial charge on any atom is -0.466 e. The second kappa shape index (κ2) is 5.41. The minimum absolute atomic E-state index is 0.168. The van der Waals surface area contributed by atoms with Gasteiger partial charge in [0.25, 0.3) is 11.4 Å². The van der Waals surface area contributed by atoms with Crippen LogP contribution in [-0.2, 0) is 42.2 Å². The highest BCUT2D eigenvalue weighted by Gasteiger charge is 2.75. The van der Waals surface area contributed by atoms with E-state index in [0.29, 0.717) is 16.6 Å². The fourth-order valence-corrected chi connectivity index (χ4v) is 3.73. The Balaban J connectivity index is 2.53. The number of rotatable bonds is 4. The molecule has 1 aromatic carbocycles. The highest BCUT2D eigenvalue weighted by atomic mass is 16.7. The second-order valence-corrected chi connectivity index (χ2v) is 5.53. The number of aromatic nitrogens is 1. The monoisotopic (exact) mass is 333 g/mol. The molecule has 1 aromatic heterocycles. The number of carbonyl (C=O) groups excluding carboxylic acids is 1. The second-order valence-electron chi connectivity index (χ2n) is 5.53. The maximum Gasteiger partial charge on any atom is 0.349 e. The van der Waals surface area contributed by atoms with Crippen LogP contribution in [0, 0.1) is 0 Å². The van der Waals surface area contributed by atoms with Gasteiger partial charge in [-0.05, 0) is 12.1 Å². The fraction of sp³-hybridized carbons (Fsp3) is 0.412. The molecule has 7 nitrogen and oxygen atoms in total. The molecule has 0 unspecified atom stereocenters. The zero-order valence-electron chi connectivity index (χ0n) is 14.2. The van der Waals surface area contributed by atoms with Gasteiger partial charge >= 0.3 is 5.97 Å². The lowest BCUT2D eigenvalue weighted by molar-refractivity contribution is -0.344. The van der Waals surface area contributed by atoms with Crippen molar-refractivity contribution in [3.8, 4) is 0 Å². The summed E-state index contributed by atoms with van der Waals surface area (Å²) in [6.07, 6.45) is 0.